The summed E-state index contributed by atoms with van der Waals surface area (Å²) in [5.41, 5.74) is 2.24. The highest BCUT2D eigenvalue weighted by molar-refractivity contribution is 6.31. The standard InChI is InChI=1S/C19H18ClN3O2/c1-19(2,14-5-3-4-6-15(14)20)11-23-10-17(22-12-23)16-9-13(18(24)25)7-8-21-16/h3-10,12H,11H2,1-2H3,(H,24,25). The number of pyridine rings is 1. The fourth-order valence-electron chi connectivity index (χ4n) is 2.83. The van der Waals surface area contributed by atoms with E-state index in [9.17, 15) is 4.79 Å². The van der Waals surface area contributed by atoms with Crippen molar-refractivity contribution in [2.45, 2.75) is 25.8 Å². The molecule has 0 atom stereocenters. The summed E-state index contributed by atoms with van der Waals surface area (Å²) in [4.78, 5) is 19.7. The van der Waals surface area contributed by atoms with Crippen molar-refractivity contribution >= 4 is 17.6 Å². The Kier molecular flexibility index (Phi) is 4.59. The Balaban J connectivity index is 1.86. The first-order valence-corrected chi connectivity index (χ1v) is 8.21. The molecule has 1 aromatic carbocycles. The molecule has 0 amide bonds. The largest absolute Gasteiger partial charge is 0.478 e. The third kappa shape index (κ3) is 3.72. The van der Waals surface area contributed by atoms with E-state index in [2.05, 4.69) is 23.8 Å². The summed E-state index contributed by atoms with van der Waals surface area (Å²) in [6.45, 7) is 4.93. The van der Waals surface area contributed by atoms with Gasteiger partial charge in [-0.15, -0.1) is 0 Å². The van der Waals surface area contributed by atoms with E-state index in [0.717, 1.165) is 10.6 Å². The maximum absolute atomic E-state index is 11.1. The molecule has 2 heterocycles. The zero-order valence-electron chi connectivity index (χ0n) is 14.0. The predicted molar refractivity (Wildman–Crippen MR) is 96.9 cm³/mol. The highest BCUT2D eigenvalue weighted by atomic mass is 35.5. The SMILES string of the molecule is CC(C)(Cn1cnc(-c2cc(C(=O)O)ccn2)c1)c1ccccc1Cl. The minimum atomic E-state index is -0.983. The summed E-state index contributed by atoms with van der Waals surface area (Å²) in [6.07, 6.45) is 5.07. The molecule has 0 spiro atoms. The molecule has 0 unspecified atom stereocenters. The van der Waals surface area contributed by atoms with Gasteiger partial charge in [0.2, 0.25) is 0 Å². The third-order valence-corrected chi connectivity index (χ3v) is 4.41. The zero-order chi connectivity index (χ0) is 18.0. The minimum Gasteiger partial charge on any atom is -0.478 e. The van der Waals surface area contributed by atoms with Crippen molar-refractivity contribution in [3.8, 4) is 11.4 Å². The fourth-order valence-corrected chi connectivity index (χ4v) is 3.23. The molecule has 2 aromatic heterocycles. The molecule has 1 N–H and O–H groups in total. The molecule has 0 aliphatic heterocycles. The van der Waals surface area contributed by atoms with Gasteiger partial charge in [-0.1, -0.05) is 43.6 Å². The van der Waals surface area contributed by atoms with E-state index >= 15 is 0 Å². The lowest BCUT2D eigenvalue weighted by Gasteiger charge is -2.26. The predicted octanol–water partition coefficient (Wildman–Crippen LogP) is 4.27. The van der Waals surface area contributed by atoms with Crippen LogP contribution in [-0.4, -0.2) is 25.6 Å². The summed E-state index contributed by atoms with van der Waals surface area (Å²) in [5, 5.41) is 9.84. The molecule has 0 saturated carbocycles. The van der Waals surface area contributed by atoms with E-state index in [1.54, 1.807) is 6.33 Å². The van der Waals surface area contributed by atoms with Gasteiger partial charge in [0, 0.05) is 29.4 Å². The van der Waals surface area contributed by atoms with E-state index in [1.807, 2.05) is 35.0 Å². The van der Waals surface area contributed by atoms with Crippen LogP contribution >= 0.6 is 11.6 Å². The molecule has 5 nitrogen and oxygen atoms in total. The van der Waals surface area contributed by atoms with E-state index in [1.165, 1.54) is 18.3 Å². The van der Waals surface area contributed by atoms with Crippen LogP contribution in [0, 0.1) is 0 Å². The summed E-state index contributed by atoms with van der Waals surface area (Å²) >= 11 is 6.33. The Labute approximate surface area is 150 Å². The van der Waals surface area contributed by atoms with Crippen molar-refractivity contribution in [2.75, 3.05) is 0 Å². The van der Waals surface area contributed by atoms with Crippen LogP contribution < -0.4 is 0 Å². The van der Waals surface area contributed by atoms with Crippen LogP contribution in [0.15, 0.2) is 55.1 Å². The van der Waals surface area contributed by atoms with E-state index in [4.69, 9.17) is 16.7 Å². The van der Waals surface area contributed by atoms with Crippen molar-refractivity contribution < 1.29 is 9.90 Å². The molecule has 3 rings (SSSR count). The van der Waals surface area contributed by atoms with Crippen LogP contribution in [0.1, 0.15) is 29.8 Å². The van der Waals surface area contributed by atoms with Gasteiger partial charge in [-0.25, -0.2) is 9.78 Å². The first-order valence-electron chi connectivity index (χ1n) is 7.83. The number of hydrogen-bond acceptors (Lipinski definition) is 3. The number of carboxylic acids is 1. The van der Waals surface area contributed by atoms with Crippen molar-refractivity contribution in [2.24, 2.45) is 0 Å². The van der Waals surface area contributed by atoms with Crippen molar-refractivity contribution in [3.05, 3.63) is 71.3 Å². The molecule has 3 aromatic rings. The van der Waals surface area contributed by atoms with Crippen LogP contribution in [0.5, 0.6) is 0 Å². The molecule has 0 bridgehead atoms. The Morgan fingerprint density at radius 3 is 2.68 bits per heavy atom. The number of carboxylic acid groups (broad SMARTS) is 1. The number of aromatic nitrogens is 3. The Hall–Kier alpha value is -2.66. The van der Waals surface area contributed by atoms with Gasteiger partial charge in [0.25, 0.3) is 0 Å². The number of carbonyl (C=O) groups is 1. The first kappa shape index (κ1) is 17.2. The zero-order valence-corrected chi connectivity index (χ0v) is 14.7. The smallest absolute Gasteiger partial charge is 0.335 e. The molecule has 0 saturated heterocycles. The third-order valence-electron chi connectivity index (χ3n) is 4.08. The van der Waals surface area contributed by atoms with Gasteiger partial charge in [0.05, 0.1) is 17.6 Å². The second-order valence-corrected chi connectivity index (χ2v) is 6.94. The normalized spacial score (nSPS) is 11.5. The fraction of sp³-hybridized carbons (Fsp3) is 0.211. The molecular weight excluding hydrogens is 338 g/mol. The average molecular weight is 356 g/mol. The molecule has 0 fully saturated rings. The molecule has 6 heteroatoms. The van der Waals surface area contributed by atoms with Gasteiger partial charge < -0.3 is 9.67 Å². The average Bonchev–Trinajstić information content (AvgIpc) is 3.03. The summed E-state index contributed by atoms with van der Waals surface area (Å²) in [6, 6.07) is 10.8. The van der Waals surface area contributed by atoms with E-state index in [0.29, 0.717) is 17.9 Å². The lowest BCUT2D eigenvalue weighted by Crippen LogP contribution is -2.24. The number of nitrogens with zero attached hydrogens (tertiary/aromatic N) is 3. The Bertz CT molecular complexity index is 918. The number of halogens is 1. The summed E-state index contributed by atoms with van der Waals surface area (Å²) in [5.74, 6) is -0.983. The second kappa shape index (κ2) is 6.69. The van der Waals surface area contributed by atoms with Gasteiger partial charge in [0.15, 0.2) is 0 Å². The van der Waals surface area contributed by atoms with Crippen LogP contribution in [0.4, 0.5) is 0 Å². The first-order chi connectivity index (χ1) is 11.9. The highest BCUT2D eigenvalue weighted by Crippen LogP contribution is 2.31. The number of aromatic carboxylic acids is 1. The maximum Gasteiger partial charge on any atom is 0.335 e. The summed E-state index contributed by atoms with van der Waals surface area (Å²) < 4.78 is 1.97. The topological polar surface area (TPSA) is 68.0 Å². The number of imidazole rings is 1. The van der Waals surface area contributed by atoms with Crippen LogP contribution in [-0.2, 0) is 12.0 Å². The minimum absolute atomic E-state index is 0.188. The quantitative estimate of drug-likeness (QED) is 0.741. The molecule has 0 radical (unpaired) electrons. The lowest BCUT2D eigenvalue weighted by atomic mass is 9.84. The van der Waals surface area contributed by atoms with Gasteiger partial charge in [0.1, 0.15) is 5.69 Å². The van der Waals surface area contributed by atoms with Gasteiger partial charge in [-0.2, -0.15) is 0 Å². The maximum atomic E-state index is 11.1. The Morgan fingerprint density at radius 1 is 1.20 bits per heavy atom. The lowest BCUT2D eigenvalue weighted by molar-refractivity contribution is 0.0697. The number of benzene rings is 1. The Morgan fingerprint density at radius 2 is 1.96 bits per heavy atom. The monoisotopic (exact) mass is 355 g/mol. The molecule has 25 heavy (non-hydrogen) atoms. The van der Waals surface area contributed by atoms with Crippen molar-refractivity contribution in [3.63, 3.8) is 0 Å². The van der Waals surface area contributed by atoms with Crippen molar-refractivity contribution in [1.82, 2.24) is 14.5 Å². The highest BCUT2D eigenvalue weighted by Gasteiger charge is 2.24. The van der Waals surface area contributed by atoms with E-state index in [-0.39, 0.29) is 11.0 Å². The number of rotatable bonds is 5. The van der Waals surface area contributed by atoms with Crippen LogP contribution in [0.25, 0.3) is 11.4 Å². The summed E-state index contributed by atoms with van der Waals surface area (Å²) in [7, 11) is 0. The van der Waals surface area contributed by atoms with Crippen LogP contribution in [0.3, 0.4) is 0 Å². The number of hydrogen-bond donors (Lipinski definition) is 1. The van der Waals surface area contributed by atoms with Crippen LogP contribution in [0.2, 0.25) is 5.02 Å². The van der Waals surface area contributed by atoms with Crippen molar-refractivity contribution in [1.29, 1.82) is 0 Å². The van der Waals surface area contributed by atoms with Gasteiger partial charge >= 0.3 is 5.97 Å². The molecule has 128 valence electrons. The van der Waals surface area contributed by atoms with Gasteiger partial charge in [-0.05, 0) is 23.8 Å². The molecule has 0 aliphatic carbocycles. The van der Waals surface area contributed by atoms with Gasteiger partial charge in [-0.3, -0.25) is 4.98 Å². The molecule has 0 aliphatic rings. The van der Waals surface area contributed by atoms with E-state index < -0.39 is 5.97 Å². The second-order valence-electron chi connectivity index (χ2n) is 6.53. The molecular formula is C19H18ClN3O2.